The van der Waals surface area contributed by atoms with Crippen molar-refractivity contribution in [2.45, 2.75) is 19.7 Å². The van der Waals surface area contributed by atoms with Crippen LogP contribution in [0.2, 0.25) is 10.2 Å². The first-order valence-corrected chi connectivity index (χ1v) is 9.25. The van der Waals surface area contributed by atoms with Crippen LogP contribution in [0.3, 0.4) is 0 Å². The van der Waals surface area contributed by atoms with Crippen LogP contribution in [0.1, 0.15) is 16.7 Å². The van der Waals surface area contributed by atoms with E-state index in [0.29, 0.717) is 36.3 Å². The van der Waals surface area contributed by atoms with Crippen molar-refractivity contribution >= 4 is 23.2 Å². The lowest BCUT2D eigenvalue weighted by molar-refractivity contribution is 0.284. The second-order valence-electron chi connectivity index (χ2n) is 5.96. The average Bonchev–Trinajstić information content (AvgIpc) is 2.69. The standard InChI is InChI=1S/C21H20Cl2N2O2/c1-26-20-10-15(11-24-13-17-4-2-3-5-18(17)22)6-8-19(20)27-14-16-7-9-21(23)25-12-16/h2-10,12,24H,11,13-14H2,1H3. The first kappa shape index (κ1) is 19.5. The Morgan fingerprint density at radius 2 is 1.74 bits per heavy atom. The Morgan fingerprint density at radius 3 is 2.48 bits per heavy atom. The number of nitrogens with one attached hydrogen (secondary N) is 1. The van der Waals surface area contributed by atoms with Gasteiger partial charge >= 0.3 is 0 Å². The summed E-state index contributed by atoms with van der Waals surface area (Å²) in [7, 11) is 1.63. The molecule has 0 saturated heterocycles. The molecule has 27 heavy (non-hydrogen) atoms. The van der Waals surface area contributed by atoms with Gasteiger partial charge in [-0.25, -0.2) is 4.98 Å². The van der Waals surface area contributed by atoms with Gasteiger partial charge in [-0.15, -0.1) is 0 Å². The highest BCUT2D eigenvalue weighted by Crippen LogP contribution is 2.29. The number of pyridine rings is 1. The van der Waals surface area contributed by atoms with Crippen molar-refractivity contribution in [2.24, 2.45) is 0 Å². The number of halogens is 2. The van der Waals surface area contributed by atoms with Gasteiger partial charge in [0.25, 0.3) is 0 Å². The maximum absolute atomic E-state index is 6.18. The molecule has 1 N–H and O–H groups in total. The minimum absolute atomic E-state index is 0.393. The number of benzene rings is 2. The third-order valence-electron chi connectivity index (χ3n) is 4.01. The Balaban J connectivity index is 1.58. The molecule has 0 bridgehead atoms. The average molecular weight is 403 g/mol. The predicted molar refractivity (Wildman–Crippen MR) is 109 cm³/mol. The van der Waals surface area contributed by atoms with Gasteiger partial charge in [0.1, 0.15) is 11.8 Å². The van der Waals surface area contributed by atoms with Crippen molar-refractivity contribution < 1.29 is 9.47 Å². The Morgan fingerprint density at radius 1 is 0.926 bits per heavy atom. The van der Waals surface area contributed by atoms with Gasteiger partial charge in [-0.3, -0.25) is 0 Å². The van der Waals surface area contributed by atoms with Gasteiger partial charge in [0.05, 0.1) is 7.11 Å². The number of methoxy groups -OCH3 is 1. The van der Waals surface area contributed by atoms with Crippen LogP contribution in [0, 0.1) is 0 Å². The highest BCUT2D eigenvalue weighted by molar-refractivity contribution is 6.31. The van der Waals surface area contributed by atoms with Crippen LogP contribution in [0.25, 0.3) is 0 Å². The molecule has 3 aromatic rings. The number of rotatable bonds is 8. The molecule has 0 amide bonds. The van der Waals surface area contributed by atoms with Gasteiger partial charge in [0.15, 0.2) is 11.5 Å². The summed E-state index contributed by atoms with van der Waals surface area (Å²) >= 11 is 12.0. The summed E-state index contributed by atoms with van der Waals surface area (Å²) in [6.07, 6.45) is 1.70. The highest BCUT2D eigenvalue weighted by Gasteiger charge is 2.07. The number of aromatic nitrogens is 1. The molecule has 0 aliphatic carbocycles. The molecule has 0 fully saturated rings. The van der Waals surface area contributed by atoms with Gasteiger partial charge in [-0.1, -0.05) is 53.5 Å². The summed E-state index contributed by atoms with van der Waals surface area (Å²) in [5, 5.41) is 4.62. The number of nitrogens with zero attached hydrogens (tertiary/aromatic N) is 1. The molecule has 1 heterocycles. The van der Waals surface area contributed by atoms with E-state index in [1.54, 1.807) is 19.4 Å². The smallest absolute Gasteiger partial charge is 0.161 e. The van der Waals surface area contributed by atoms with E-state index < -0.39 is 0 Å². The van der Waals surface area contributed by atoms with E-state index in [1.165, 1.54) is 0 Å². The lowest BCUT2D eigenvalue weighted by atomic mass is 10.2. The number of hydrogen-bond donors (Lipinski definition) is 1. The molecule has 0 spiro atoms. The summed E-state index contributed by atoms with van der Waals surface area (Å²) < 4.78 is 11.3. The molecular formula is C21H20Cl2N2O2. The van der Waals surface area contributed by atoms with Crippen LogP contribution >= 0.6 is 23.2 Å². The zero-order valence-electron chi connectivity index (χ0n) is 14.9. The van der Waals surface area contributed by atoms with Crippen LogP contribution in [0.4, 0.5) is 0 Å². The van der Waals surface area contributed by atoms with Crippen LogP contribution < -0.4 is 14.8 Å². The molecule has 3 rings (SSSR count). The molecule has 0 atom stereocenters. The predicted octanol–water partition coefficient (Wildman–Crippen LogP) is 5.27. The zero-order valence-corrected chi connectivity index (χ0v) is 16.4. The first-order chi connectivity index (χ1) is 13.2. The molecule has 6 heteroatoms. The fourth-order valence-electron chi connectivity index (χ4n) is 2.58. The highest BCUT2D eigenvalue weighted by atomic mass is 35.5. The van der Waals surface area contributed by atoms with Crippen molar-refractivity contribution in [1.29, 1.82) is 0 Å². The van der Waals surface area contributed by atoms with Gasteiger partial charge in [0, 0.05) is 29.9 Å². The Kier molecular flexibility index (Phi) is 6.93. The molecular weight excluding hydrogens is 383 g/mol. The van der Waals surface area contributed by atoms with Gasteiger partial charge in [-0.2, -0.15) is 0 Å². The second kappa shape index (κ2) is 9.60. The molecule has 0 unspecified atom stereocenters. The van der Waals surface area contributed by atoms with E-state index in [-0.39, 0.29) is 0 Å². The van der Waals surface area contributed by atoms with Crippen LogP contribution in [-0.2, 0) is 19.7 Å². The van der Waals surface area contributed by atoms with E-state index in [1.807, 2.05) is 48.5 Å². The molecule has 140 valence electrons. The summed E-state index contributed by atoms with van der Waals surface area (Å²) in [5.41, 5.74) is 3.11. The Labute approximate surface area is 169 Å². The van der Waals surface area contributed by atoms with Crippen LogP contribution in [0.15, 0.2) is 60.8 Å². The molecule has 2 aromatic carbocycles. The van der Waals surface area contributed by atoms with Crippen molar-refractivity contribution in [3.63, 3.8) is 0 Å². The largest absolute Gasteiger partial charge is 0.493 e. The summed E-state index contributed by atoms with van der Waals surface area (Å²) in [5.74, 6) is 1.37. The van der Waals surface area contributed by atoms with Crippen molar-refractivity contribution in [3.05, 3.63) is 87.7 Å². The Bertz CT molecular complexity index is 886. The van der Waals surface area contributed by atoms with Crippen LogP contribution in [0.5, 0.6) is 11.5 Å². The van der Waals surface area contributed by atoms with Crippen LogP contribution in [-0.4, -0.2) is 12.1 Å². The van der Waals surface area contributed by atoms with E-state index in [0.717, 1.165) is 21.7 Å². The molecule has 0 saturated carbocycles. The zero-order chi connectivity index (χ0) is 19.1. The Hall–Kier alpha value is -2.27. The maximum atomic E-state index is 6.18. The fraction of sp³-hybridized carbons (Fsp3) is 0.190. The topological polar surface area (TPSA) is 43.4 Å². The van der Waals surface area contributed by atoms with E-state index >= 15 is 0 Å². The normalized spacial score (nSPS) is 10.6. The number of hydrogen-bond acceptors (Lipinski definition) is 4. The summed E-state index contributed by atoms with van der Waals surface area (Å²) in [4.78, 5) is 4.05. The van der Waals surface area contributed by atoms with Crippen molar-refractivity contribution in [3.8, 4) is 11.5 Å². The minimum Gasteiger partial charge on any atom is -0.493 e. The summed E-state index contributed by atoms with van der Waals surface area (Å²) in [6, 6.07) is 17.3. The quantitative estimate of drug-likeness (QED) is 0.521. The lowest BCUT2D eigenvalue weighted by Gasteiger charge is -2.13. The SMILES string of the molecule is COc1cc(CNCc2ccccc2Cl)ccc1OCc1ccc(Cl)nc1. The van der Waals surface area contributed by atoms with Gasteiger partial charge < -0.3 is 14.8 Å². The maximum Gasteiger partial charge on any atom is 0.161 e. The van der Waals surface area contributed by atoms with Crippen molar-refractivity contribution in [1.82, 2.24) is 10.3 Å². The molecule has 4 nitrogen and oxygen atoms in total. The van der Waals surface area contributed by atoms with E-state index in [4.69, 9.17) is 32.7 Å². The lowest BCUT2D eigenvalue weighted by Crippen LogP contribution is -2.13. The number of ether oxygens (including phenoxy) is 2. The third kappa shape index (κ3) is 5.60. The van der Waals surface area contributed by atoms with Gasteiger partial charge in [0.2, 0.25) is 0 Å². The first-order valence-electron chi connectivity index (χ1n) is 8.50. The molecule has 0 radical (unpaired) electrons. The van der Waals surface area contributed by atoms with E-state index in [2.05, 4.69) is 10.3 Å². The van der Waals surface area contributed by atoms with E-state index in [9.17, 15) is 0 Å². The molecule has 0 aliphatic rings. The molecule has 1 aromatic heterocycles. The third-order valence-corrected chi connectivity index (χ3v) is 4.61. The minimum atomic E-state index is 0.393. The molecule has 0 aliphatic heterocycles. The fourth-order valence-corrected chi connectivity index (χ4v) is 2.89. The monoisotopic (exact) mass is 402 g/mol. The second-order valence-corrected chi connectivity index (χ2v) is 6.75. The van der Waals surface area contributed by atoms with Gasteiger partial charge in [-0.05, 0) is 35.4 Å². The van der Waals surface area contributed by atoms with Crippen molar-refractivity contribution in [2.75, 3.05) is 7.11 Å². The summed E-state index contributed by atoms with van der Waals surface area (Å²) in [6.45, 7) is 1.79.